The predicted molar refractivity (Wildman–Crippen MR) is 128 cm³/mol. The van der Waals surface area contributed by atoms with Gasteiger partial charge in [-0.3, -0.25) is 5.41 Å². The number of sulfone groups is 1. The van der Waals surface area contributed by atoms with Gasteiger partial charge in [-0.25, -0.2) is 18.4 Å². The number of ether oxygens (including phenoxy) is 1. The van der Waals surface area contributed by atoms with Gasteiger partial charge in [0, 0.05) is 11.8 Å². The van der Waals surface area contributed by atoms with Gasteiger partial charge in [0.25, 0.3) is 0 Å². The number of nitrogens with two attached hydrogens (primary N) is 2. The summed E-state index contributed by atoms with van der Waals surface area (Å²) < 4.78 is 32.2. The number of benzene rings is 2. The highest BCUT2D eigenvalue weighted by Gasteiger charge is 2.22. The zero-order chi connectivity index (χ0) is 23.8. The van der Waals surface area contributed by atoms with Crippen LogP contribution in [0.5, 0.6) is 5.75 Å². The summed E-state index contributed by atoms with van der Waals surface area (Å²) in [6.45, 7) is 5.70. The van der Waals surface area contributed by atoms with Crippen LogP contribution in [-0.4, -0.2) is 35.7 Å². The summed E-state index contributed by atoms with van der Waals surface area (Å²) in [7, 11) is -3.76. The van der Waals surface area contributed by atoms with Gasteiger partial charge in [0.05, 0.1) is 27.6 Å². The van der Waals surface area contributed by atoms with Crippen molar-refractivity contribution in [2.45, 2.75) is 36.8 Å². The average Bonchev–Trinajstić information content (AvgIpc) is 3.22. The Morgan fingerprint density at radius 2 is 1.88 bits per heavy atom. The molecule has 0 radical (unpaired) electrons. The number of nitrogens with zero attached hydrogens (tertiary/aromatic N) is 2. The Bertz CT molecular complexity index is 1440. The molecule has 4 rings (SSSR count). The second kappa shape index (κ2) is 8.55. The molecule has 0 aliphatic rings. The van der Waals surface area contributed by atoms with Gasteiger partial charge in [-0.2, -0.15) is 0 Å². The van der Waals surface area contributed by atoms with Crippen LogP contribution in [0.4, 0.5) is 17.2 Å². The molecule has 2 heterocycles. The van der Waals surface area contributed by atoms with Gasteiger partial charge in [-0.15, -0.1) is 0 Å². The molecule has 0 bridgehead atoms. The smallest absolute Gasteiger partial charge is 0.221 e. The van der Waals surface area contributed by atoms with E-state index >= 15 is 0 Å². The Balaban J connectivity index is 1.79. The minimum Gasteiger partial charge on any atom is -0.489 e. The highest BCUT2D eigenvalue weighted by molar-refractivity contribution is 7.91. The van der Waals surface area contributed by atoms with Crippen molar-refractivity contribution in [1.29, 1.82) is 0 Å². The molecule has 10 heteroatoms. The molecule has 170 valence electrons. The first-order valence-electron chi connectivity index (χ1n) is 10.3. The van der Waals surface area contributed by atoms with E-state index in [-0.39, 0.29) is 16.0 Å². The van der Waals surface area contributed by atoms with Gasteiger partial charge < -0.3 is 20.8 Å². The van der Waals surface area contributed by atoms with E-state index in [9.17, 15) is 8.42 Å². The van der Waals surface area contributed by atoms with Crippen LogP contribution in [0.15, 0.2) is 58.7 Å². The molecule has 2 aromatic carbocycles. The molecular formula is C23H25N6O3S+. The van der Waals surface area contributed by atoms with Gasteiger partial charge in [-0.1, -0.05) is 17.7 Å². The van der Waals surface area contributed by atoms with E-state index in [0.29, 0.717) is 39.5 Å². The van der Waals surface area contributed by atoms with E-state index in [2.05, 4.69) is 20.3 Å². The van der Waals surface area contributed by atoms with Crippen LogP contribution in [0.25, 0.3) is 11.0 Å². The quantitative estimate of drug-likeness (QED) is 0.242. The van der Waals surface area contributed by atoms with Crippen molar-refractivity contribution in [3.05, 3.63) is 59.9 Å². The molecule has 9 nitrogen and oxygen atoms in total. The summed E-state index contributed by atoms with van der Waals surface area (Å²) in [6, 6.07) is 11.6. The van der Waals surface area contributed by atoms with Gasteiger partial charge in [0.2, 0.25) is 9.84 Å². The van der Waals surface area contributed by atoms with E-state index < -0.39 is 9.84 Å². The molecule has 0 unspecified atom stereocenters. The number of aromatic nitrogens is 3. The fourth-order valence-electron chi connectivity index (χ4n) is 3.34. The fourth-order valence-corrected chi connectivity index (χ4v) is 4.59. The van der Waals surface area contributed by atoms with Crippen molar-refractivity contribution in [2.75, 3.05) is 11.1 Å². The highest BCUT2D eigenvalue weighted by Crippen LogP contribution is 2.35. The Labute approximate surface area is 191 Å². The lowest BCUT2D eigenvalue weighted by molar-refractivity contribution is -0.104. The topological polar surface area (TPSA) is 149 Å². The summed E-state index contributed by atoms with van der Waals surface area (Å²) in [5.74, 6) is 0.922. The lowest BCUT2D eigenvalue weighted by Crippen LogP contribution is -2.30. The maximum Gasteiger partial charge on any atom is 0.221 e. The summed E-state index contributed by atoms with van der Waals surface area (Å²) >= 11 is 0. The number of aryl methyl sites for hydroxylation is 1. The van der Waals surface area contributed by atoms with E-state index in [1.807, 2.05) is 20.8 Å². The first-order valence-corrected chi connectivity index (χ1v) is 11.7. The van der Waals surface area contributed by atoms with Gasteiger partial charge in [0.15, 0.2) is 6.21 Å². The van der Waals surface area contributed by atoms with Crippen LogP contribution in [0, 0.1) is 6.92 Å². The van der Waals surface area contributed by atoms with Crippen molar-refractivity contribution in [2.24, 2.45) is 0 Å². The standard InChI is InChI=1S/C23H24N6O3S/c1-13(2)32-20-10-18(25)15(11-24)8-19(20)28-22-17-9-21(29-23(17)27-12-26-22)33(30,31)16-6-4-14(3)5-7-16/h4-13,24H,25H2,1-3H3,(H2,26,27,28,29)/p+1. The molecule has 0 aliphatic carbocycles. The first kappa shape index (κ1) is 22.3. The molecule has 0 aliphatic heterocycles. The summed E-state index contributed by atoms with van der Waals surface area (Å²) in [4.78, 5) is 11.6. The van der Waals surface area contributed by atoms with Crippen LogP contribution in [0.2, 0.25) is 0 Å². The van der Waals surface area contributed by atoms with Crippen molar-refractivity contribution in [1.82, 2.24) is 15.0 Å². The van der Waals surface area contributed by atoms with E-state index in [4.69, 9.17) is 15.9 Å². The summed E-state index contributed by atoms with van der Waals surface area (Å²) in [5, 5.41) is 9.45. The number of hydrogen-bond donors (Lipinski definition) is 4. The van der Waals surface area contributed by atoms with Gasteiger partial charge >= 0.3 is 0 Å². The molecular weight excluding hydrogens is 440 g/mol. The minimum atomic E-state index is -3.76. The van der Waals surface area contributed by atoms with Crippen LogP contribution in [0.1, 0.15) is 25.0 Å². The second-order valence-electron chi connectivity index (χ2n) is 7.87. The Kier molecular flexibility index (Phi) is 5.77. The zero-order valence-electron chi connectivity index (χ0n) is 18.5. The molecule has 4 aromatic rings. The monoisotopic (exact) mass is 465 g/mol. The lowest BCUT2D eigenvalue weighted by atomic mass is 10.1. The number of aromatic amines is 1. The maximum atomic E-state index is 13.1. The number of nitrogens with one attached hydrogen (secondary N) is 2. The van der Waals surface area contributed by atoms with Crippen molar-refractivity contribution < 1.29 is 18.6 Å². The minimum absolute atomic E-state index is 0.0249. The molecule has 0 spiro atoms. The van der Waals surface area contributed by atoms with Crippen LogP contribution in [-0.2, 0) is 9.84 Å². The number of fused-ring (bicyclic) bond motifs is 1. The largest absolute Gasteiger partial charge is 0.489 e. The fraction of sp³-hybridized carbons (Fsp3) is 0.174. The lowest BCUT2D eigenvalue weighted by Gasteiger charge is -2.17. The molecule has 0 fully saturated rings. The maximum absolute atomic E-state index is 13.1. The second-order valence-corrected chi connectivity index (χ2v) is 9.79. The molecule has 0 saturated heterocycles. The van der Waals surface area contributed by atoms with Gasteiger partial charge in [-0.05, 0) is 45.0 Å². The third-order valence-electron chi connectivity index (χ3n) is 5.00. The number of hydrogen-bond acceptors (Lipinski definition) is 7. The zero-order valence-corrected chi connectivity index (χ0v) is 19.3. The molecule has 0 amide bonds. The van der Waals surface area contributed by atoms with E-state index in [0.717, 1.165) is 5.56 Å². The van der Waals surface area contributed by atoms with E-state index in [1.54, 1.807) is 36.4 Å². The SMILES string of the molecule is Cc1ccc(S(=O)(=O)c2cc3c(Nc4cc(C=[NH2+])c(N)cc4OC(C)C)ncnc3[nH]2)cc1. The Morgan fingerprint density at radius 3 is 2.55 bits per heavy atom. The highest BCUT2D eigenvalue weighted by atomic mass is 32.2. The Morgan fingerprint density at radius 1 is 1.15 bits per heavy atom. The Hall–Kier alpha value is -3.92. The van der Waals surface area contributed by atoms with Crippen LogP contribution >= 0.6 is 0 Å². The third kappa shape index (κ3) is 4.37. The average molecular weight is 466 g/mol. The summed E-state index contributed by atoms with van der Waals surface area (Å²) in [6.07, 6.45) is 2.65. The van der Waals surface area contributed by atoms with E-state index in [1.165, 1.54) is 18.6 Å². The molecule has 2 aromatic heterocycles. The van der Waals surface area contributed by atoms with Gasteiger partial charge in [0.1, 0.15) is 28.6 Å². The number of anilines is 3. The normalized spacial score (nSPS) is 11.6. The van der Waals surface area contributed by atoms with Crippen LogP contribution in [0.3, 0.4) is 0 Å². The third-order valence-corrected chi connectivity index (χ3v) is 6.69. The van der Waals surface area contributed by atoms with Crippen molar-refractivity contribution >= 4 is 44.3 Å². The molecule has 33 heavy (non-hydrogen) atoms. The van der Waals surface area contributed by atoms with Crippen LogP contribution < -0.4 is 21.2 Å². The molecule has 6 N–H and O–H groups in total. The molecule has 0 saturated carbocycles. The molecule has 0 atom stereocenters. The first-order chi connectivity index (χ1) is 15.7. The number of H-pyrrole nitrogens is 1. The number of rotatable bonds is 7. The number of nitrogen functional groups attached to an aromatic ring is 1. The van der Waals surface area contributed by atoms with Crippen molar-refractivity contribution in [3.63, 3.8) is 0 Å². The summed E-state index contributed by atoms with van der Waals surface area (Å²) in [5.41, 5.74) is 9.09. The van der Waals surface area contributed by atoms with Crippen molar-refractivity contribution in [3.8, 4) is 5.75 Å². The predicted octanol–water partition coefficient (Wildman–Crippen LogP) is 2.39.